The van der Waals surface area contributed by atoms with E-state index in [0.717, 1.165) is 23.8 Å². The molecule has 0 unspecified atom stereocenters. The van der Waals surface area contributed by atoms with Crippen molar-refractivity contribution in [2.45, 2.75) is 30.9 Å². The van der Waals surface area contributed by atoms with Crippen LogP contribution < -0.4 is 10.3 Å². The van der Waals surface area contributed by atoms with Crippen LogP contribution in [0.5, 0.6) is 0 Å². The monoisotopic (exact) mass is 633 g/mol. The maximum Gasteiger partial charge on any atom is 0.411 e. The second-order valence-corrected chi connectivity index (χ2v) is 14.8. The Balaban J connectivity index is 1.44. The smallest absolute Gasteiger partial charge is 0.411 e. The Morgan fingerprint density at radius 1 is 1.17 bits per heavy atom. The van der Waals surface area contributed by atoms with Crippen molar-refractivity contribution >= 4 is 49.8 Å². The third-order valence-electron chi connectivity index (χ3n) is 7.66. The van der Waals surface area contributed by atoms with Gasteiger partial charge in [0.2, 0.25) is 5.43 Å². The summed E-state index contributed by atoms with van der Waals surface area (Å²) < 4.78 is 45.2. The third kappa shape index (κ3) is 4.77. The number of nitrogens with zero attached hydrogens (tertiary/aromatic N) is 5. The van der Waals surface area contributed by atoms with E-state index in [0.29, 0.717) is 12.6 Å². The molecule has 2 aliphatic heterocycles. The van der Waals surface area contributed by atoms with Crippen LogP contribution in [0.25, 0.3) is 11.0 Å². The molecule has 0 bridgehead atoms. The maximum absolute atomic E-state index is 15.4. The fourth-order valence-corrected chi connectivity index (χ4v) is 6.86. The van der Waals surface area contributed by atoms with Crippen LogP contribution in [0.2, 0.25) is 0 Å². The number of oxime groups is 1. The number of rotatable bonds is 7. The minimum absolute atomic E-state index is 0.0174. The van der Waals surface area contributed by atoms with E-state index >= 15 is 4.39 Å². The highest BCUT2D eigenvalue weighted by atomic mass is 31.2. The number of pyridine rings is 2. The summed E-state index contributed by atoms with van der Waals surface area (Å²) in [5, 5.41) is 9.83. The molecule has 20 heteroatoms. The number of carboxylic acid groups (broad SMARTS) is 1. The average Bonchev–Trinajstić information content (AvgIpc) is 3.62. The average molecular weight is 633 g/mol. The van der Waals surface area contributed by atoms with Crippen LogP contribution in [0.4, 0.5) is 15.0 Å². The molecule has 42 heavy (non-hydrogen) atoms. The second kappa shape index (κ2) is 9.82. The number of carbonyl (C=O) groups excluding carboxylic acids is 1. The van der Waals surface area contributed by atoms with Gasteiger partial charge in [0.05, 0.1) is 23.1 Å². The first-order valence-electron chi connectivity index (χ1n) is 12.4. The van der Waals surface area contributed by atoms with Crippen molar-refractivity contribution in [1.29, 1.82) is 0 Å². The number of aromatic carboxylic acids is 1. The van der Waals surface area contributed by atoms with Gasteiger partial charge >= 0.3 is 32.3 Å². The van der Waals surface area contributed by atoms with Gasteiger partial charge in [0.1, 0.15) is 18.3 Å². The number of carbonyl (C=O) groups is 2. The summed E-state index contributed by atoms with van der Waals surface area (Å²) in [4.78, 5) is 86.7. The lowest BCUT2D eigenvalue weighted by molar-refractivity contribution is 0.0131. The van der Waals surface area contributed by atoms with Gasteiger partial charge in [-0.1, -0.05) is 5.16 Å². The minimum Gasteiger partial charge on any atom is -0.477 e. The SMILES string of the molecule is CO/N=C1/CN(c2nc3c(cc2F)c(=O)c(C(=O)O)cn3C2CC2)CC12CN(C(=O)OC(C)(P(=O)(O)O)P(=O)(O)O)C2. The van der Waals surface area contributed by atoms with E-state index in [1.165, 1.54) is 18.2 Å². The van der Waals surface area contributed by atoms with Crippen LogP contribution in [0, 0.1) is 11.2 Å². The topological polar surface area (TPSA) is 242 Å². The number of amides is 1. The summed E-state index contributed by atoms with van der Waals surface area (Å²) in [5.41, 5.74) is -1.90. The summed E-state index contributed by atoms with van der Waals surface area (Å²) in [7, 11) is -10.00. The summed E-state index contributed by atoms with van der Waals surface area (Å²) >= 11 is 0. The molecule has 17 nitrogen and oxygen atoms in total. The Hall–Kier alpha value is -3.40. The largest absolute Gasteiger partial charge is 0.477 e. The summed E-state index contributed by atoms with van der Waals surface area (Å²) in [5.74, 6) is -2.53. The van der Waals surface area contributed by atoms with Crippen molar-refractivity contribution in [2.24, 2.45) is 10.6 Å². The predicted octanol–water partition coefficient (Wildman–Crippen LogP) is 0.859. The van der Waals surface area contributed by atoms with Gasteiger partial charge in [-0.2, -0.15) is 0 Å². The standard InChI is InChI=1S/C22H26FN5O12P2/c1-21(41(33,34)35,42(36,37)38)40-20(32)27-9-22(10-27)8-26(7-15(22)25-39-2)18-14(23)5-12-16(29)13(19(30)31)6-28(11-3-4-11)17(12)24-18/h5-6,11H,3-4,7-10H2,1-2H3,(H,30,31)(H2,33,34,35)(H2,36,37,38)/b25-15-. The van der Waals surface area contributed by atoms with Crippen molar-refractivity contribution < 1.29 is 57.4 Å². The van der Waals surface area contributed by atoms with Crippen molar-refractivity contribution in [2.75, 3.05) is 38.2 Å². The minimum atomic E-state index is -5.63. The van der Waals surface area contributed by atoms with Gasteiger partial charge in [-0.25, -0.2) is 19.0 Å². The number of carboxylic acids is 1. The molecular weight excluding hydrogens is 607 g/mol. The number of likely N-dealkylation sites (tertiary alicyclic amines) is 1. The summed E-state index contributed by atoms with van der Waals surface area (Å²) in [6.07, 6.45) is 1.24. The lowest BCUT2D eigenvalue weighted by Gasteiger charge is -2.47. The van der Waals surface area contributed by atoms with Gasteiger partial charge in [0.15, 0.2) is 11.6 Å². The van der Waals surface area contributed by atoms with E-state index in [4.69, 9.17) is 4.84 Å². The lowest BCUT2D eigenvalue weighted by atomic mass is 9.78. The van der Waals surface area contributed by atoms with E-state index in [9.17, 15) is 48.2 Å². The van der Waals surface area contributed by atoms with Crippen molar-refractivity contribution in [1.82, 2.24) is 14.5 Å². The molecular formula is C22H26FN5O12P2. The molecule has 1 amide bonds. The number of hydrogen-bond donors (Lipinski definition) is 5. The van der Waals surface area contributed by atoms with Crippen LogP contribution in [0.1, 0.15) is 36.2 Å². The highest BCUT2D eigenvalue weighted by molar-refractivity contribution is 7.72. The van der Waals surface area contributed by atoms with Crippen LogP contribution in [-0.4, -0.2) is 95.3 Å². The predicted molar refractivity (Wildman–Crippen MR) is 141 cm³/mol. The van der Waals surface area contributed by atoms with Gasteiger partial charge < -0.3 is 48.6 Å². The first kappa shape index (κ1) is 30.1. The Morgan fingerprint density at radius 3 is 2.31 bits per heavy atom. The third-order valence-corrected chi connectivity index (χ3v) is 11.6. The van der Waals surface area contributed by atoms with Crippen molar-refractivity contribution in [3.05, 3.63) is 33.9 Å². The molecule has 5 rings (SSSR count). The number of ether oxygens (including phenoxy) is 1. The van der Waals surface area contributed by atoms with Gasteiger partial charge in [-0.15, -0.1) is 0 Å². The fraction of sp³-hybridized carbons (Fsp3) is 0.500. The molecule has 2 aromatic heterocycles. The molecule has 0 radical (unpaired) electrons. The van der Waals surface area contributed by atoms with Gasteiger partial charge in [-0.05, 0) is 25.8 Å². The van der Waals surface area contributed by atoms with Gasteiger partial charge in [0.25, 0.3) is 0 Å². The van der Waals surface area contributed by atoms with E-state index < -0.39 is 54.6 Å². The summed E-state index contributed by atoms with van der Waals surface area (Å²) in [6, 6.07) is 0.824. The van der Waals surface area contributed by atoms with Crippen LogP contribution in [-0.2, 0) is 18.7 Å². The van der Waals surface area contributed by atoms with E-state index in [-0.39, 0.29) is 49.1 Å². The molecule has 1 aliphatic carbocycles. The molecule has 0 aromatic carbocycles. The Bertz CT molecular complexity index is 1670. The van der Waals surface area contributed by atoms with Crippen molar-refractivity contribution in [3.8, 4) is 0 Å². The fourth-order valence-electron chi connectivity index (χ4n) is 5.10. The number of halogens is 1. The van der Waals surface area contributed by atoms with E-state index in [1.54, 1.807) is 4.57 Å². The van der Waals surface area contributed by atoms with Gasteiger partial charge in [-0.3, -0.25) is 13.9 Å². The Morgan fingerprint density at radius 2 is 1.79 bits per heavy atom. The molecule has 0 atom stereocenters. The summed E-state index contributed by atoms with van der Waals surface area (Å²) in [6.45, 7) is 0.0465. The first-order valence-corrected chi connectivity index (χ1v) is 15.6. The normalized spacial score (nSPS) is 19.8. The van der Waals surface area contributed by atoms with E-state index in [2.05, 4.69) is 14.9 Å². The molecule has 3 aliphatic rings. The molecule has 2 saturated heterocycles. The van der Waals surface area contributed by atoms with Crippen molar-refractivity contribution in [3.63, 3.8) is 0 Å². The number of fused-ring (bicyclic) bond motifs is 1. The molecule has 228 valence electrons. The highest BCUT2D eigenvalue weighted by Gasteiger charge is 2.62. The highest BCUT2D eigenvalue weighted by Crippen LogP contribution is 2.69. The quantitative estimate of drug-likeness (QED) is 0.210. The van der Waals surface area contributed by atoms with Crippen LogP contribution >= 0.6 is 15.2 Å². The molecule has 2 aromatic rings. The maximum atomic E-state index is 15.4. The van der Waals surface area contributed by atoms with E-state index in [1.807, 2.05) is 0 Å². The molecule has 3 fully saturated rings. The lowest BCUT2D eigenvalue weighted by Crippen LogP contribution is -2.63. The Kier molecular flexibility index (Phi) is 7.03. The van der Waals surface area contributed by atoms with Gasteiger partial charge in [0, 0.05) is 31.9 Å². The zero-order valence-corrected chi connectivity index (χ0v) is 23.9. The molecule has 1 spiro atoms. The number of hydrogen-bond acceptors (Lipinski definition) is 10. The zero-order chi connectivity index (χ0) is 31.0. The molecule has 1 saturated carbocycles. The Labute approximate surface area is 235 Å². The number of anilines is 1. The first-order chi connectivity index (χ1) is 19.4. The zero-order valence-electron chi connectivity index (χ0n) is 22.1. The molecule has 5 N–H and O–H groups in total. The van der Waals surface area contributed by atoms with Crippen LogP contribution in [0.15, 0.2) is 22.2 Å². The molecule has 4 heterocycles. The van der Waals surface area contributed by atoms with Crippen LogP contribution in [0.3, 0.4) is 0 Å². The second-order valence-electron chi connectivity index (χ2n) is 10.6. The number of aromatic nitrogens is 2.